The van der Waals surface area contributed by atoms with E-state index in [1.54, 1.807) is 0 Å². The van der Waals surface area contributed by atoms with Crippen LogP contribution in [-0.4, -0.2) is 61.1 Å². The molecule has 2 fully saturated rings. The summed E-state index contributed by atoms with van der Waals surface area (Å²) >= 11 is 0. The Kier molecular flexibility index (Phi) is 5.28. The molecule has 3 atom stereocenters. The number of carbonyl (C=O) groups excluding carboxylic acids is 1. The number of cyclic esters (lactones) is 1. The van der Waals surface area contributed by atoms with Crippen molar-refractivity contribution in [2.45, 2.75) is 25.3 Å². The van der Waals surface area contributed by atoms with Gasteiger partial charge in [0.25, 0.3) is 0 Å². The van der Waals surface area contributed by atoms with Crippen molar-refractivity contribution in [2.75, 3.05) is 40.3 Å². The summed E-state index contributed by atoms with van der Waals surface area (Å²) in [6, 6.07) is 4.65. The zero-order valence-electron chi connectivity index (χ0n) is 14.1. The quantitative estimate of drug-likeness (QED) is 0.751. The number of rotatable bonds is 6. The van der Waals surface area contributed by atoms with Crippen LogP contribution >= 0.6 is 0 Å². The maximum Gasteiger partial charge on any atom is 0.309 e. The molecule has 0 aromatic carbocycles. The van der Waals surface area contributed by atoms with E-state index in [0.29, 0.717) is 18.6 Å². The Hall–Kier alpha value is -1.46. The standard InChI is InChI=1S/C18H27N3O2/c1-20(9-5-14-7-11-23-18(14)22)13-16-6-10-21(2)17(16)15-4-3-8-19-12-15/h3-4,8,12,14,16-17H,5-7,9-11,13H2,1-2H3/t14-,16-,17-/m0/s1. The molecule has 0 radical (unpaired) electrons. The van der Waals surface area contributed by atoms with Crippen LogP contribution in [-0.2, 0) is 9.53 Å². The average molecular weight is 317 g/mol. The van der Waals surface area contributed by atoms with Gasteiger partial charge in [0.1, 0.15) is 0 Å². The number of aromatic nitrogens is 1. The fourth-order valence-electron chi connectivity index (χ4n) is 3.96. The number of hydrogen-bond acceptors (Lipinski definition) is 5. The largest absolute Gasteiger partial charge is 0.465 e. The SMILES string of the molecule is CN(CC[C@H]1CCOC1=O)C[C@@H]1CCN(C)[C@H]1c1cccnc1. The first-order chi connectivity index (χ1) is 11.1. The van der Waals surface area contributed by atoms with E-state index in [1.807, 2.05) is 18.5 Å². The van der Waals surface area contributed by atoms with Crippen LogP contribution in [0.3, 0.4) is 0 Å². The van der Waals surface area contributed by atoms with E-state index in [1.165, 1.54) is 12.0 Å². The summed E-state index contributed by atoms with van der Waals surface area (Å²) in [6.07, 6.45) is 6.84. The maximum absolute atomic E-state index is 11.6. The Labute approximate surface area is 138 Å². The molecule has 3 heterocycles. The zero-order valence-corrected chi connectivity index (χ0v) is 14.1. The van der Waals surface area contributed by atoms with Crippen molar-refractivity contribution in [3.05, 3.63) is 30.1 Å². The predicted octanol–water partition coefficient (Wildman–Crippen LogP) is 1.96. The summed E-state index contributed by atoms with van der Waals surface area (Å²) in [5.41, 5.74) is 1.31. The van der Waals surface area contributed by atoms with E-state index in [9.17, 15) is 4.79 Å². The van der Waals surface area contributed by atoms with Crippen molar-refractivity contribution in [1.82, 2.24) is 14.8 Å². The molecule has 5 heteroatoms. The second kappa shape index (κ2) is 7.41. The minimum Gasteiger partial charge on any atom is -0.465 e. The van der Waals surface area contributed by atoms with Gasteiger partial charge in [0.2, 0.25) is 0 Å². The van der Waals surface area contributed by atoms with Gasteiger partial charge in [-0.15, -0.1) is 0 Å². The fraction of sp³-hybridized carbons (Fsp3) is 0.667. The van der Waals surface area contributed by atoms with Crippen molar-refractivity contribution in [3.63, 3.8) is 0 Å². The molecule has 1 aromatic heterocycles. The van der Waals surface area contributed by atoms with Gasteiger partial charge in [-0.2, -0.15) is 0 Å². The van der Waals surface area contributed by atoms with E-state index >= 15 is 0 Å². The van der Waals surface area contributed by atoms with Crippen molar-refractivity contribution in [3.8, 4) is 0 Å². The van der Waals surface area contributed by atoms with Crippen LogP contribution in [0.5, 0.6) is 0 Å². The first-order valence-corrected chi connectivity index (χ1v) is 8.60. The summed E-state index contributed by atoms with van der Waals surface area (Å²) in [5, 5.41) is 0. The Morgan fingerprint density at radius 3 is 3.00 bits per heavy atom. The maximum atomic E-state index is 11.6. The second-order valence-corrected chi connectivity index (χ2v) is 6.96. The highest BCUT2D eigenvalue weighted by atomic mass is 16.5. The number of pyridine rings is 1. The Bertz CT molecular complexity index is 522. The third kappa shape index (κ3) is 3.90. The summed E-state index contributed by atoms with van der Waals surface area (Å²) in [4.78, 5) is 20.6. The van der Waals surface area contributed by atoms with Crippen LogP contribution in [0.25, 0.3) is 0 Å². The van der Waals surface area contributed by atoms with Crippen LogP contribution in [0.15, 0.2) is 24.5 Å². The van der Waals surface area contributed by atoms with Crippen molar-refractivity contribution >= 4 is 5.97 Å². The molecule has 2 aliphatic heterocycles. The van der Waals surface area contributed by atoms with Crippen LogP contribution in [0.1, 0.15) is 30.9 Å². The molecule has 5 nitrogen and oxygen atoms in total. The molecule has 3 rings (SSSR count). The van der Waals surface area contributed by atoms with Gasteiger partial charge in [-0.1, -0.05) is 6.07 Å². The topological polar surface area (TPSA) is 45.7 Å². The molecule has 0 bridgehead atoms. The fourth-order valence-corrected chi connectivity index (χ4v) is 3.96. The molecule has 23 heavy (non-hydrogen) atoms. The Morgan fingerprint density at radius 2 is 2.30 bits per heavy atom. The lowest BCUT2D eigenvalue weighted by molar-refractivity contribution is -0.141. The van der Waals surface area contributed by atoms with Gasteiger partial charge in [-0.05, 0) is 64.0 Å². The lowest BCUT2D eigenvalue weighted by Gasteiger charge is -2.29. The summed E-state index contributed by atoms with van der Waals surface area (Å²) in [5.74, 6) is 0.717. The molecule has 0 unspecified atom stereocenters. The van der Waals surface area contributed by atoms with E-state index in [-0.39, 0.29) is 11.9 Å². The molecule has 126 valence electrons. The monoisotopic (exact) mass is 317 g/mol. The van der Waals surface area contributed by atoms with E-state index in [2.05, 4.69) is 34.9 Å². The van der Waals surface area contributed by atoms with Crippen molar-refractivity contribution in [2.24, 2.45) is 11.8 Å². The number of esters is 1. The number of nitrogens with zero attached hydrogens (tertiary/aromatic N) is 3. The van der Waals surface area contributed by atoms with Crippen LogP contribution < -0.4 is 0 Å². The highest BCUT2D eigenvalue weighted by molar-refractivity contribution is 5.74. The van der Waals surface area contributed by atoms with Gasteiger partial charge in [-0.25, -0.2) is 0 Å². The molecule has 0 saturated carbocycles. The minimum atomic E-state index is -0.00719. The lowest BCUT2D eigenvalue weighted by atomic mass is 9.94. The van der Waals surface area contributed by atoms with E-state index < -0.39 is 0 Å². The highest BCUT2D eigenvalue weighted by Gasteiger charge is 2.34. The first kappa shape index (κ1) is 16.4. The molecule has 2 saturated heterocycles. The van der Waals surface area contributed by atoms with Gasteiger partial charge in [0.15, 0.2) is 0 Å². The Morgan fingerprint density at radius 1 is 1.43 bits per heavy atom. The number of likely N-dealkylation sites (tertiary alicyclic amines) is 1. The minimum absolute atomic E-state index is 0.00719. The molecule has 0 aliphatic carbocycles. The molecule has 0 amide bonds. The lowest BCUT2D eigenvalue weighted by Crippen LogP contribution is -2.31. The van der Waals surface area contributed by atoms with E-state index in [4.69, 9.17) is 4.74 Å². The van der Waals surface area contributed by atoms with Gasteiger partial charge in [0, 0.05) is 25.0 Å². The van der Waals surface area contributed by atoms with Gasteiger partial charge in [-0.3, -0.25) is 14.7 Å². The summed E-state index contributed by atoms with van der Waals surface area (Å²) in [7, 11) is 4.37. The number of carbonyl (C=O) groups is 1. The van der Waals surface area contributed by atoms with Gasteiger partial charge >= 0.3 is 5.97 Å². The predicted molar refractivity (Wildman–Crippen MR) is 88.9 cm³/mol. The summed E-state index contributed by atoms with van der Waals surface area (Å²) < 4.78 is 5.05. The highest BCUT2D eigenvalue weighted by Crippen LogP contribution is 2.36. The summed E-state index contributed by atoms with van der Waals surface area (Å²) in [6.45, 7) is 3.75. The third-order valence-corrected chi connectivity index (χ3v) is 5.25. The van der Waals surface area contributed by atoms with Gasteiger partial charge in [0.05, 0.1) is 12.5 Å². The zero-order chi connectivity index (χ0) is 16.2. The van der Waals surface area contributed by atoms with Crippen LogP contribution in [0.4, 0.5) is 0 Å². The molecule has 0 spiro atoms. The third-order valence-electron chi connectivity index (χ3n) is 5.25. The molecule has 1 aromatic rings. The number of ether oxygens (including phenoxy) is 1. The molecule has 2 aliphatic rings. The average Bonchev–Trinajstić information content (AvgIpc) is 3.12. The second-order valence-electron chi connectivity index (χ2n) is 6.96. The van der Waals surface area contributed by atoms with Crippen LogP contribution in [0.2, 0.25) is 0 Å². The van der Waals surface area contributed by atoms with Crippen molar-refractivity contribution in [1.29, 1.82) is 0 Å². The van der Waals surface area contributed by atoms with Crippen LogP contribution in [0, 0.1) is 11.8 Å². The smallest absolute Gasteiger partial charge is 0.309 e. The Balaban J connectivity index is 1.54. The molecular formula is C18H27N3O2. The normalized spacial score (nSPS) is 28.5. The molecular weight excluding hydrogens is 290 g/mol. The number of hydrogen-bond donors (Lipinski definition) is 0. The molecule has 0 N–H and O–H groups in total. The van der Waals surface area contributed by atoms with E-state index in [0.717, 1.165) is 32.5 Å². The van der Waals surface area contributed by atoms with Gasteiger partial charge < -0.3 is 9.64 Å². The van der Waals surface area contributed by atoms with Crippen molar-refractivity contribution < 1.29 is 9.53 Å². The first-order valence-electron chi connectivity index (χ1n) is 8.60.